The fourth-order valence-electron chi connectivity index (χ4n) is 1.91. The van der Waals surface area contributed by atoms with Gasteiger partial charge in [-0.05, 0) is 36.1 Å². The van der Waals surface area contributed by atoms with Crippen molar-refractivity contribution < 1.29 is 0 Å². The van der Waals surface area contributed by atoms with E-state index >= 15 is 0 Å². The number of thiophene rings is 1. The fraction of sp³-hybridized carbons (Fsp3) is 0.214. The molecule has 0 aliphatic carbocycles. The molecule has 1 heterocycles. The molecule has 0 saturated carbocycles. The van der Waals surface area contributed by atoms with E-state index in [0.717, 1.165) is 28.7 Å². The topological polar surface area (TPSA) is 53.1 Å². The molecule has 0 radical (unpaired) electrons. The van der Waals surface area contributed by atoms with Crippen LogP contribution in [0.1, 0.15) is 10.4 Å². The summed E-state index contributed by atoms with van der Waals surface area (Å²) >= 11 is 5.19. The molecule has 0 spiro atoms. The zero-order valence-electron chi connectivity index (χ0n) is 10.7. The maximum absolute atomic E-state index is 7.67. The van der Waals surface area contributed by atoms with E-state index < -0.39 is 0 Å². The number of anilines is 1. The molecule has 0 bridgehead atoms. The van der Waals surface area contributed by atoms with Gasteiger partial charge in [-0.2, -0.15) is 0 Å². The maximum atomic E-state index is 7.67. The molecule has 1 aromatic carbocycles. The van der Waals surface area contributed by atoms with Gasteiger partial charge in [-0.1, -0.05) is 22.0 Å². The molecule has 0 aliphatic rings. The van der Waals surface area contributed by atoms with Gasteiger partial charge in [-0.3, -0.25) is 5.41 Å². The summed E-state index contributed by atoms with van der Waals surface area (Å²) in [6.45, 7) is 0.905. The molecule has 0 fully saturated rings. The van der Waals surface area contributed by atoms with Crippen LogP contribution in [0, 0.1) is 5.41 Å². The number of nitrogens with zero attached hydrogens (tertiary/aromatic N) is 1. The molecule has 0 amide bonds. The van der Waals surface area contributed by atoms with Crippen molar-refractivity contribution in [3.8, 4) is 0 Å². The fourth-order valence-corrected chi connectivity index (χ4v) is 2.97. The molecule has 5 heteroatoms. The second-order valence-electron chi connectivity index (χ2n) is 4.33. The highest BCUT2D eigenvalue weighted by Crippen LogP contribution is 2.24. The second-order valence-corrected chi connectivity index (χ2v) is 6.27. The lowest BCUT2D eigenvalue weighted by Gasteiger charge is -2.22. The molecular weight excluding hydrogens is 322 g/mol. The summed E-state index contributed by atoms with van der Waals surface area (Å²) in [4.78, 5) is 3.51. The number of benzene rings is 1. The summed E-state index contributed by atoms with van der Waals surface area (Å²) in [6.07, 6.45) is 1.00. The number of hydrogen-bond donors (Lipinski definition) is 2. The summed E-state index contributed by atoms with van der Waals surface area (Å²) in [6, 6.07) is 10.1. The molecule has 0 saturated heterocycles. The Kier molecular flexibility index (Phi) is 4.61. The number of nitrogens with one attached hydrogen (secondary N) is 1. The third-order valence-corrected chi connectivity index (χ3v) is 4.36. The lowest BCUT2D eigenvalue weighted by molar-refractivity contribution is 0.886. The molecule has 0 atom stereocenters. The van der Waals surface area contributed by atoms with E-state index in [1.165, 1.54) is 4.88 Å². The minimum Gasteiger partial charge on any atom is -0.384 e. The third-order valence-electron chi connectivity index (χ3n) is 2.93. The van der Waals surface area contributed by atoms with E-state index in [0.29, 0.717) is 0 Å². The first-order valence-corrected chi connectivity index (χ1v) is 7.62. The van der Waals surface area contributed by atoms with Gasteiger partial charge in [0.1, 0.15) is 5.84 Å². The Morgan fingerprint density at radius 2 is 2.21 bits per heavy atom. The van der Waals surface area contributed by atoms with Crippen LogP contribution < -0.4 is 10.6 Å². The highest BCUT2D eigenvalue weighted by atomic mass is 79.9. The quantitative estimate of drug-likeness (QED) is 0.648. The van der Waals surface area contributed by atoms with E-state index in [4.69, 9.17) is 11.1 Å². The van der Waals surface area contributed by atoms with Gasteiger partial charge in [0.05, 0.1) is 0 Å². The molecule has 0 aliphatic heterocycles. The van der Waals surface area contributed by atoms with Crippen LogP contribution in [0.15, 0.2) is 40.2 Å². The first kappa shape index (κ1) is 14.1. The van der Waals surface area contributed by atoms with Crippen molar-refractivity contribution in [2.45, 2.75) is 6.42 Å². The summed E-state index contributed by atoms with van der Waals surface area (Å²) in [5, 5.41) is 9.76. The molecule has 2 aromatic rings. The number of rotatable bonds is 5. The predicted octanol–water partition coefficient (Wildman–Crippen LogP) is 3.47. The molecule has 19 heavy (non-hydrogen) atoms. The van der Waals surface area contributed by atoms with Gasteiger partial charge in [-0.25, -0.2) is 0 Å². The van der Waals surface area contributed by atoms with Crippen LogP contribution in [0.4, 0.5) is 5.69 Å². The third kappa shape index (κ3) is 3.58. The molecule has 3 nitrogen and oxygen atoms in total. The van der Waals surface area contributed by atoms with Gasteiger partial charge in [0.15, 0.2) is 0 Å². The van der Waals surface area contributed by atoms with Crippen molar-refractivity contribution in [2.24, 2.45) is 5.73 Å². The molecule has 100 valence electrons. The Bertz CT molecular complexity index is 566. The van der Waals surface area contributed by atoms with Crippen molar-refractivity contribution in [3.05, 3.63) is 50.6 Å². The van der Waals surface area contributed by atoms with Crippen LogP contribution >= 0.6 is 27.3 Å². The standard InChI is InChI=1S/C14H16BrN3S/c1-18(7-6-11-3-2-8-19-11)13-5-4-10(15)9-12(13)14(16)17/h2-5,8-9H,6-7H2,1H3,(H3,16,17). The largest absolute Gasteiger partial charge is 0.384 e. The molecule has 2 rings (SSSR count). The zero-order valence-corrected chi connectivity index (χ0v) is 13.1. The Morgan fingerprint density at radius 1 is 1.42 bits per heavy atom. The van der Waals surface area contributed by atoms with Crippen LogP contribution in [0.25, 0.3) is 0 Å². The van der Waals surface area contributed by atoms with Crippen LogP contribution in [0.5, 0.6) is 0 Å². The average molecular weight is 338 g/mol. The van der Waals surface area contributed by atoms with E-state index in [2.05, 4.69) is 38.3 Å². The number of nitrogens with two attached hydrogens (primary N) is 1. The Hall–Kier alpha value is -1.33. The van der Waals surface area contributed by atoms with E-state index in [9.17, 15) is 0 Å². The van der Waals surface area contributed by atoms with Crippen molar-refractivity contribution in [1.29, 1.82) is 5.41 Å². The first-order chi connectivity index (χ1) is 9.08. The van der Waals surface area contributed by atoms with Gasteiger partial charge in [0, 0.05) is 34.2 Å². The normalized spacial score (nSPS) is 10.4. The van der Waals surface area contributed by atoms with E-state index in [-0.39, 0.29) is 5.84 Å². The Labute approximate surface area is 125 Å². The number of nitrogen functional groups attached to an aromatic ring is 1. The van der Waals surface area contributed by atoms with E-state index in [1.54, 1.807) is 11.3 Å². The maximum Gasteiger partial charge on any atom is 0.124 e. The summed E-state index contributed by atoms with van der Waals surface area (Å²) in [7, 11) is 2.03. The summed E-state index contributed by atoms with van der Waals surface area (Å²) in [5.74, 6) is 0.0965. The number of amidine groups is 1. The molecular formula is C14H16BrN3S. The van der Waals surface area contributed by atoms with Gasteiger partial charge in [0.2, 0.25) is 0 Å². The monoisotopic (exact) mass is 337 g/mol. The van der Waals surface area contributed by atoms with E-state index in [1.807, 2.05) is 25.2 Å². The average Bonchev–Trinajstić information content (AvgIpc) is 2.88. The van der Waals surface area contributed by atoms with Crippen molar-refractivity contribution in [1.82, 2.24) is 0 Å². The van der Waals surface area contributed by atoms with Crippen molar-refractivity contribution in [2.75, 3.05) is 18.5 Å². The Balaban J connectivity index is 2.14. The lowest BCUT2D eigenvalue weighted by atomic mass is 10.1. The van der Waals surface area contributed by atoms with Crippen LogP contribution in [-0.2, 0) is 6.42 Å². The van der Waals surface area contributed by atoms with Gasteiger partial charge in [-0.15, -0.1) is 11.3 Å². The number of likely N-dealkylation sites (N-methyl/N-ethyl adjacent to an activating group) is 1. The highest BCUT2D eigenvalue weighted by Gasteiger charge is 2.10. The first-order valence-electron chi connectivity index (χ1n) is 5.95. The lowest BCUT2D eigenvalue weighted by Crippen LogP contribution is -2.24. The molecule has 3 N–H and O–H groups in total. The van der Waals surface area contributed by atoms with Crippen molar-refractivity contribution in [3.63, 3.8) is 0 Å². The smallest absolute Gasteiger partial charge is 0.124 e. The summed E-state index contributed by atoms with van der Waals surface area (Å²) < 4.78 is 0.938. The summed E-state index contributed by atoms with van der Waals surface area (Å²) in [5.41, 5.74) is 7.41. The van der Waals surface area contributed by atoms with Gasteiger partial charge >= 0.3 is 0 Å². The number of halogens is 1. The Morgan fingerprint density at radius 3 is 2.84 bits per heavy atom. The second kappa shape index (κ2) is 6.21. The van der Waals surface area contributed by atoms with Gasteiger partial charge < -0.3 is 10.6 Å². The van der Waals surface area contributed by atoms with Crippen molar-refractivity contribution >= 4 is 38.8 Å². The molecule has 0 unspecified atom stereocenters. The van der Waals surface area contributed by atoms with Crippen LogP contribution in [0.3, 0.4) is 0 Å². The zero-order chi connectivity index (χ0) is 13.8. The van der Waals surface area contributed by atoms with Crippen LogP contribution in [-0.4, -0.2) is 19.4 Å². The van der Waals surface area contributed by atoms with Crippen LogP contribution in [0.2, 0.25) is 0 Å². The van der Waals surface area contributed by atoms with Gasteiger partial charge in [0.25, 0.3) is 0 Å². The SMILES string of the molecule is CN(CCc1cccs1)c1ccc(Br)cc1C(=N)N. The minimum atomic E-state index is 0.0965. The number of hydrogen-bond acceptors (Lipinski definition) is 3. The predicted molar refractivity (Wildman–Crippen MR) is 86.5 cm³/mol. The highest BCUT2D eigenvalue weighted by molar-refractivity contribution is 9.10. The molecule has 1 aromatic heterocycles. The minimum absolute atomic E-state index is 0.0965.